The average molecular weight is 340 g/mol. The maximum absolute atomic E-state index is 12.2. The Hall–Kier alpha value is -2.14. The van der Waals surface area contributed by atoms with Crippen molar-refractivity contribution in [2.75, 3.05) is 13.1 Å². The van der Waals surface area contributed by atoms with Crippen molar-refractivity contribution in [3.63, 3.8) is 0 Å². The van der Waals surface area contributed by atoms with Gasteiger partial charge in [0, 0.05) is 32.4 Å². The van der Waals surface area contributed by atoms with Crippen LogP contribution in [-0.2, 0) is 20.1 Å². The Morgan fingerprint density at radius 3 is 2.64 bits per heavy atom. The molecular weight excluding hydrogens is 312 g/mol. The van der Waals surface area contributed by atoms with Crippen LogP contribution < -0.4 is 5.32 Å². The number of nitrogens with zero attached hydrogens (tertiary/aromatic N) is 3. The zero-order valence-corrected chi connectivity index (χ0v) is 15.5. The molecule has 0 aliphatic carbocycles. The highest BCUT2D eigenvalue weighted by molar-refractivity contribution is 5.94. The first-order valence-electron chi connectivity index (χ1n) is 9.10. The number of nitrogens with one attached hydrogen (secondary N) is 1. The number of likely N-dealkylation sites (tertiary alicyclic amines) is 1. The van der Waals surface area contributed by atoms with Gasteiger partial charge in [-0.2, -0.15) is 5.10 Å². The van der Waals surface area contributed by atoms with Gasteiger partial charge in [-0.3, -0.25) is 14.4 Å². The quantitative estimate of drug-likeness (QED) is 0.910. The lowest BCUT2D eigenvalue weighted by molar-refractivity contribution is 0.0950. The number of hydrogen-bond donors (Lipinski definition) is 1. The minimum Gasteiger partial charge on any atom is -0.348 e. The Kier molecular flexibility index (Phi) is 5.53. The van der Waals surface area contributed by atoms with Gasteiger partial charge in [-0.1, -0.05) is 31.2 Å². The maximum atomic E-state index is 12.2. The van der Waals surface area contributed by atoms with E-state index in [1.807, 2.05) is 14.0 Å². The van der Waals surface area contributed by atoms with Crippen molar-refractivity contribution in [3.05, 3.63) is 52.8 Å². The molecule has 1 aliphatic heterocycles. The molecule has 0 radical (unpaired) electrons. The fourth-order valence-electron chi connectivity index (χ4n) is 3.45. The first-order chi connectivity index (χ1) is 12.0. The second-order valence-corrected chi connectivity index (χ2v) is 7.25. The highest BCUT2D eigenvalue weighted by Crippen LogP contribution is 2.18. The first-order valence-corrected chi connectivity index (χ1v) is 9.10. The van der Waals surface area contributed by atoms with E-state index in [1.54, 1.807) is 10.9 Å². The van der Waals surface area contributed by atoms with Gasteiger partial charge in [-0.25, -0.2) is 0 Å². The summed E-state index contributed by atoms with van der Waals surface area (Å²) in [5, 5.41) is 7.09. The summed E-state index contributed by atoms with van der Waals surface area (Å²) in [5.74, 6) is 0.733. The number of carbonyl (C=O) groups excluding carboxylic acids is 1. The fraction of sp³-hybridized carbons (Fsp3) is 0.500. The molecule has 0 bridgehead atoms. The third-order valence-electron chi connectivity index (χ3n) is 5.10. The number of benzene rings is 1. The third-order valence-corrected chi connectivity index (χ3v) is 5.10. The zero-order valence-electron chi connectivity index (χ0n) is 15.5. The molecule has 1 N–H and O–H groups in total. The van der Waals surface area contributed by atoms with Crippen LogP contribution >= 0.6 is 0 Å². The minimum atomic E-state index is -0.0722. The predicted octanol–water partition coefficient (Wildman–Crippen LogP) is 2.89. The van der Waals surface area contributed by atoms with Crippen LogP contribution in [0.1, 0.15) is 46.9 Å². The Labute approximate surface area is 150 Å². The number of aryl methyl sites for hydroxylation is 1. The zero-order chi connectivity index (χ0) is 17.8. The number of rotatable bonds is 5. The van der Waals surface area contributed by atoms with Crippen molar-refractivity contribution < 1.29 is 4.79 Å². The van der Waals surface area contributed by atoms with E-state index in [1.165, 1.54) is 31.5 Å². The fourth-order valence-corrected chi connectivity index (χ4v) is 3.45. The number of carbonyl (C=O) groups is 1. The molecule has 2 heterocycles. The van der Waals surface area contributed by atoms with Crippen molar-refractivity contribution in [2.45, 2.75) is 39.8 Å². The van der Waals surface area contributed by atoms with Gasteiger partial charge in [0.2, 0.25) is 0 Å². The number of hydrogen-bond acceptors (Lipinski definition) is 3. The molecule has 1 unspecified atom stereocenters. The average Bonchev–Trinajstić information content (AvgIpc) is 2.93. The molecule has 0 saturated carbocycles. The van der Waals surface area contributed by atoms with Crippen molar-refractivity contribution in [3.8, 4) is 0 Å². The summed E-state index contributed by atoms with van der Waals surface area (Å²) in [4.78, 5) is 14.8. The van der Waals surface area contributed by atoms with Crippen molar-refractivity contribution >= 4 is 5.91 Å². The second-order valence-electron chi connectivity index (χ2n) is 7.25. The van der Waals surface area contributed by atoms with Crippen LogP contribution in [0, 0.1) is 12.8 Å². The van der Waals surface area contributed by atoms with E-state index < -0.39 is 0 Å². The van der Waals surface area contributed by atoms with Gasteiger partial charge in [0.05, 0.1) is 11.8 Å². The topological polar surface area (TPSA) is 50.2 Å². The predicted molar refractivity (Wildman–Crippen MR) is 99.2 cm³/mol. The van der Waals surface area contributed by atoms with E-state index >= 15 is 0 Å². The molecule has 1 aromatic carbocycles. The summed E-state index contributed by atoms with van der Waals surface area (Å²) in [6, 6.07) is 8.57. The Morgan fingerprint density at radius 2 is 2.00 bits per heavy atom. The van der Waals surface area contributed by atoms with Crippen LogP contribution in [0.15, 0.2) is 30.5 Å². The van der Waals surface area contributed by atoms with Crippen LogP contribution in [0.4, 0.5) is 0 Å². The van der Waals surface area contributed by atoms with E-state index in [0.717, 1.165) is 23.7 Å². The Bertz CT molecular complexity index is 720. The highest BCUT2D eigenvalue weighted by atomic mass is 16.1. The first kappa shape index (κ1) is 17.7. The normalized spacial score (nSPS) is 18.3. The minimum absolute atomic E-state index is 0.0722. The summed E-state index contributed by atoms with van der Waals surface area (Å²) in [5.41, 5.74) is 3.97. The van der Waals surface area contributed by atoms with Crippen molar-refractivity contribution in [2.24, 2.45) is 13.0 Å². The SMILES string of the molecule is Cc1c(C(=O)NCc2ccc(CN3CCCC(C)C3)cc2)cnn1C. The summed E-state index contributed by atoms with van der Waals surface area (Å²) < 4.78 is 1.71. The summed E-state index contributed by atoms with van der Waals surface area (Å²) in [7, 11) is 1.84. The van der Waals surface area contributed by atoms with Crippen LogP contribution in [0.5, 0.6) is 0 Å². The molecule has 25 heavy (non-hydrogen) atoms. The van der Waals surface area contributed by atoms with Crippen molar-refractivity contribution in [1.82, 2.24) is 20.0 Å². The third kappa shape index (κ3) is 4.48. The number of amides is 1. The molecule has 1 amide bonds. The van der Waals surface area contributed by atoms with E-state index in [-0.39, 0.29) is 5.91 Å². The molecule has 3 rings (SSSR count). The molecular formula is C20H28N4O. The molecule has 0 spiro atoms. The second kappa shape index (κ2) is 7.83. The Balaban J connectivity index is 1.52. The lowest BCUT2D eigenvalue weighted by Gasteiger charge is -2.30. The van der Waals surface area contributed by atoms with E-state index in [9.17, 15) is 4.79 Å². The summed E-state index contributed by atoms with van der Waals surface area (Å²) >= 11 is 0. The van der Waals surface area contributed by atoms with Crippen LogP contribution in [0.2, 0.25) is 0 Å². The van der Waals surface area contributed by atoms with Gasteiger partial charge < -0.3 is 5.32 Å². The molecule has 1 aliphatic rings. The van der Waals surface area contributed by atoms with Gasteiger partial charge in [0.15, 0.2) is 0 Å². The molecule has 5 nitrogen and oxygen atoms in total. The monoisotopic (exact) mass is 340 g/mol. The molecule has 1 saturated heterocycles. The molecule has 5 heteroatoms. The summed E-state index contributed by atoms with van der Waals surface area (Å²) in [6.07, 6.45) is 4.28. The van der Waals surface area contributed by atoms with Gasteiger partial charge in [0.1, 0.15) is 0 Å². The Morgan fingerprint density at radius 1 is 1.28 bits per heavy atom. The highest BCUT2D eigenvalue weighted by Gasteiger charge is 2.16. The molecule has 1 aromatic heterocycles. The van der Waals surface area contributed by atoms with Crippen molar-refractivity contribution in [1.29, 1.82) is 0 Å². The van der Waals surface area contributed by atoms with Crippen LogP contribution in [0.25, 0.3) is 0 Å². The van der Waals surface area contributed by atoms with Crippen LogP contribution in [-0.4, -0.2) is 33.7 Å². The smallest absolute Gasteiger partial charge is 0.255 e. The lowest BCUT2D eigenvalue weighted by Crippen LogP contribution is -2.33. The summed E-state index contributed by atoms with van der Waals surface area (Å²) in [6.45, 7) is 8.19. The lowest BCUT2D eigenvalue weighted by atomic mass is 9.99. The number of aromatic nitrogens is 2. The molecule has 134 valence electrons. The number of piperidine rings is 1. The van der Waals surface area contributed by atoms with E-state index in [4.69, 9.17) is 0 Å². The maximum Gasteiger partial charge on any atom is 0.255 e. The largest absolute Gasteiger partial charge is 0.348 e. The van der Waals surface area contributed by atoms with Gasteiger partial charge >= 0.3 is 0 Å². The van der Waals surface area contributed by atoms with Gasteiger partial charge in [-0.15, -0.1) is 0 Å². The van der Waals surface area contributed by atoms with E-state index in [0.29, 0.717) is 12.1 Å². The standard InChI is InChI=1S/C20H28N4O/c1-15-5-4-10-24(13-15)14-18-8-6-17(7-9-18)11-21-20(25)19-12-22-23(3)16(19)2/h6-9,12,15H,4-5,10-11,13-14H2,1-3H3,(H,21,25). The molecule has 1 fully saturated rings. The van der Waals surface area contributed by atoms with Gasteiger partial charge in [-0.05, 0) is 43.4 Å². The molecule has 1 atom stereocenters. The molecule has 2 aromatic rings. The van der Waals surface area contributed by atoms with E-state index in [2.05, 4.69) is 46.5 Å². The van der Waals surface area contributed by atoms with Gasteiger partial charge in [0.25, 0.3) is 5.91 Å². The van der Waals surface area contributed by atoms with Crippen LogP contribution in [0.3, 0.4) is 0 Å².